The van der Waals surface area contributed by atoms with Crippen LogP contribution >= 0.6 is 0 Å². The molecule has 110 valence electrons. The van der Waals surface area contributed by atoms with E-state index in [0.717, 1.165) is 25.1 Å². The standard InChI is InChI=1S/C17H25NO2/c1-12(2)14-4-6-15(7-5-14)17(20)11-18-9-8-16(10-18)13(3)19/h4-7,12-13,16,19H,8-11H2,1-3H3. The van der Waals surface area contributed by atoms with Crippen molar-refractivity contribution in [3.8, 4) is 0 Å². The second-order valence-electron chi connectivity index (χ2n) is 6.22. The van der Waals surface area contributed by atoms with Crippen molar-refractivity contribution in [1.29, 1.82) is 0 Å². The number of aliphatic hydroxyl groups excluding tert-OH is 1. The van der Waals surface area contributed by atoms with Gasteiger partial charge >= 0.3 is 0 Å². The van der Waals surface area contributed by atoms with Gasteiger partial charge in [0.25, 0.3) is 0 Å². The highest BCUT2D eigenvalue weighted by Crippen LogP contribution is 2.20. The molecule has 0 saturated carbocycles. The van der Waals surface area contributed by atoms with Gasteiger partial charge in [0.1, 0.15) is 0 Å². The largest absolute Gasteiger partial charge is 0.393 e. The topological polar surface area (TPSA) is 40.5 Å². The molecule has 3 nitrogen and oxygen atoms in total. The summed E-state index contributed by atoms with van der Waals surface area (Å²) in [7, 11) is 0. The molecule has 1 heterocycles. The number of carbonyl (C=O) groups excluding carboxylic acids is 1. The number of Topliss-reactive ketones (excluding diaryl/α,β-unsaturated/α-hetero) is 1. The predicted octanol–water partition coefficient (Wildman–Crippen LogP) is 2.70. The molecule has 0 aromatic heterocycles. The number of carbonyl (C=O) groups is 1. The van der Waals surface area contributed by atoms with E-state index in [1.54, 1.807) is 0 Å². The van der Waals surface area contributed by atoms with Crippen LogP contribution in [0.2, 0.25) is 0 Å². The number of rotatable bonds is 5. The van der Waals surface area contributed by atoms with Crippen LogP contribution in [0.5, 0.6) is 0 Å². The Morgan fingerprint density at radius 2 is 1.95 bits per heavy atom. The summed E-state index contributed by atoms with van der Waals surface area (Å²) in [5.41, 5.74) is 2.05. The fraction of sp³-hybridized carbons (Fsp3) is 0.588. The third-order valence-corrected chi connectivity index (χ3v) is 4.26. The van der Waals surface area contributed by atoms with Gasteiger partial charge in [0.2, 0.25) is 0 Å². The Hall–Kier alpha value is -1.19. The number of nitrogens with zero attached hydrogens (tertiary/aromatic N) is 1. The van der Waals surface area contributed by atoms with E-state index in [4.69, 9.17) is 0 Å². The highest BCUT2D eigenvalue weighted by Gasteiger charge is 2.27. The monoisotopic (exact) mass is 275 g/mol. The molecule has 2 rings (SSSR count). The highest BCUT2D eigenvalue weighted by atomic mass is 16.3. The molecule has 1 aliphatic rings. The van der Waals surface area contributed by atoms with Crippen LogP contribution in [0.25, 0.3) is 0 Å². The van der Waals surface area contributed by atoms with Crippen LogP contribution < -0.4 is 0 Å². The van der Waals surface area contributed by atoms with Crippen LogP contribution in [-0.2, 0) is 0 Å². The van der Waals surface area contributed by atoms with Gasteiger partial charge in [-0.3, -0.25) is 9.69 Å². The van der Waals surface area contributed by atoms with E-state index in [9.17, 15) is 9.90 Å². The summed E-state index contributed by atoms with van der Waals surface area (Å²) >= 11 is 0. The summed E-state index contributed by atoms with van der Waals surface area (Å²) in [6.07, 6.45) is 0.706. The molecular weight excluding hydrogens is 250 g/mol. The third kappa shape index (κ3) is 3.68. The first-order chi connectivity index (χ1) is 9.47. The van der Waals surface area contributed by atoms with Gasteiger partial charge in [-0.05, 0) is 37.3 Å². The average molecular weight is 275 g/mol. The summed E-state index contributed by atoms with van der Waals surface area (Å²) in [4.78, 5) is 14.4. The molecule has 1 fully saturated rings. The predicted molar refractivity (Wildman–Crippen MR) is 81.1 cm³/mol. The molecule has 0 spiro atoms. The average Bonchev–Trinajstić information content (AvgIpc) is 2.87. The fourth-order valence-corrected chi connectivity index (χ4v) is 2.75. The van der Waals surface area contributed by atoms with Crippen LogP contribution in [0.3, 0.4) is 0 Å². The number of hydrogen-bond acceptors (Lipinski definition) is 3. The normalized spacial score (nSPS) is 21.4. The lowest BCUT2D eigenvalue weighted by Crippen LogP contribution is -2.29. The zero-order valence-electron chi connectivity index (χ0n) is 12.7. The SMILES string of the molecule is CC(C)c1ccc(C(=O)CN2CCC(C(C)O)C2)cc1. The van der Waals surface area contributed by atoms with Crippen molar-refractivity contribution in [1.82, 2.24) is 4.90 Å². The van der Waals surface area contributed by atoms with E-state index >= 15 is 0 Å². The minimum Gasteiger partial charge on any atom is -0.393 e. The van der Waals surface area contributed by atoms with Crippen molar-refractivity contribution in [2.75, 3.05) is 19.6 Å². The van der Waals surface area contributed by atoms with Crippen LogP contribution in [0.15, 0.2) is 24.3 Å². The van der Waals surface area contributed by atoms with Gasteiger partial charge in [-0.25, -0.2) is 0 Å². The van der Waals surface area contributed by atoms with E-state index in [2.05, 4.69) is 18.7 Å². The Kier molecular flexibility index (Phi) is 4.95. The third-order valence-electron chi connectivity index (χ3n) is 4.26. The van der Waals surface area contributed by atoms with Gasteiger partial charge in [-0.2, -0.15) is 0 Å². The summed E-state index contributed by atoms with van der Waals surface area (Å²) in [5, 5.41) is 9.59. The van der Waals surface area contributed by atoms with Gasteiger partial charge in [0, 0.05) is 12.1 Å². The summed E-state index contributed by atoms with van der Waals surface area (Å²) in [6, 6.07) is 7.95. The first-order valence-electron chi connectivity index (χ1n) is 7.51. The van der Waals surface area contributed by atoms with Gasteiger partial charge in [0.15, 0.2) is 5.78 Å². The Morgan fingerprint density at radius 1 is 1.30 bits per heavy atom. The molecule has 2 atom stereocenters. The second kappa shape index (κ2) is 6.51. The molecule has 0 bridgehead atoms. The van der Waals surface area contributed by atoms with Gasteiger partial charge in [-0.1, -0.05) is 38.1 Å². The number of ketones is 1. The summed E-state index contributed by atoms with van der Waals surface area (Å²) < 4.78 is 0. The number of aliphatic hydroxyl groups is 1. The fourth-order valence-electron chi connectivity index (χ4n) is 2.75. The molecule has 20 heavy (non-hydrogen) atoms. The molecule has 0 amide bonds. The zero-order chi connectivity index (χ0) is 14.7. The van der Waals surface area contributed by atoms with Crippen LogP contribution in [0, 0.1) is 5.92 Å². The van der Waals surface area contributed by atoms with Crippen molar-refractivity contribution < 1.29 is 9.90 Å². The molecule has 1 saturated heterocycles. The molecule has 1 aliphatic heterocycles. The van der Waals surface area contributed by atoms with E-state index in [-0.39, 0.29) is 11.9 Å². The Bertz CT molecular complexity index is 451. The molecular formula is C17H25NO2. The molecule has 0 aliphatic carbocycles. The lowest BCUT2D eigenvalue weighted by molar-refractivity contribution is 0.0925. The quantitative estimate of drug-likeness (QED) is 0.840. The Morgan fingerprint density at radius 3 is 2.45 bits per heavy atom. The maximum Gasteiger partial charge on any atom is 0.176 e. The van der Waals surface area contributed by atoms with Crippen molar-refractivity contribution >= 4 is 5.78 Å². The smallest absolute Gasteiger partial charge is 0.176 e. The molecule has 1 N–H and O–H groups in total. The zero-order valence-corrected chi connectivity index (χ0v) is 12.7. The number of hydrogen-bond donors (Lipinski definition) is 1. The lowest BCUT2D eigenvalue weighted by Gasteiger charge is -2.16. The van der Waals surface area contributed by atoms with E-state index < -0.39 is 0 Å². The van der Waals surface area contributed by atoms with Gasteiger partial charge < -0.3 is 5.11 Å². The molecule has 3 heteroatoms. The maximum absolute atomic E-state index is 12.3. The van der Waals surface area contributed by atoms with Crippen molar-refractivity contribution in [2.24, 2.45) is 5.92 Å². The minimum absolute atomic E-state index is 0.173. The molecule has 2 unspecified atom stereocenters. The Balaban J connectivity index is 1.92. The van der Waals surface area contributed by atoms with Crippen LogP contribution in [0.4, 0.5) is 0 Å². The molecule has 1 aromatic carbocycles. The van der Waals surface area contributed by atoms with E-state index in [0.29, 0.717) is 18.4 Å². The van der Waals surface area contributed by atoms with Crippen LogP contribution in [0.1, 0.15) is 49.0 Å². The highest BCUT2D eigenvalue weighted by molar-refractivity contribution is 5.97. The van der Waals surface area contributed by atoms with Gasteiger partial charge in [0.05, 0.1) is 12.6 Å². The van der Waals surface area contributed by atoms with E-state index in [1.807, 2.05) is 31.2 Å². The second-order valence-corrected chi connectivity index (χ2v) is 6.22. The van der Waals surface area contributed by atoms with Crippen molar-refractivity contribution in [3.05, 3.63) is 35.4 Å². The first kappa shape index (κ1) is 15.2. The maximum atomic E-state index is 12.3. The summed E-state index contributed by atoms with van der Waals surface area (Å²) in [6.45, 7) is 8.33. The van der Waals surface area contributed by atoms with Crippen molar-refractivity contribution in [2.45, 2.75) is 39.2 Å². The van der Waals surface area contributed by atoms with E-state index in [1.165, 1.54) is 5.56 Å². The van der Waals surface area contributed by atoms with Crippen molar-refractivity contribution in [3.63, 3.8) is 0 Å². The summed E-state index contributed by atoms with van der Waals surface area (Å²) in [5.74, 6) is 0.974. The Labute approximate surface area is 121 Å². The molecule has 0 radical (unpaired) electrons. The number of likely N-dealkylation sites (tertiary alicyclic amines) is 1. The lowest BCUT2D eigenvalue weighted by atomic mass is 10.0. The molecule has 1 aromatic rings. The first-order valence-corrected chi connectivity index (χ1v) is 7.51. The number of benzene rings is 1. The van der Waals surface area contributed by atoms with Gasteiger partial charge in [-0.15, -0.1) is 0 Å². The van der Waals surface area contributed by atoms with Crippen LogP contribution in [-0.4, -0.2) is 41.5 Å². The minimum atomic E-state index is -0.277.